The number of alkyl carbamates (subject to hydrolysis) is 1. The van der Waals surface area contributed by atoms with Gasteiger partial charge in [-0.2, -0.15) is 5.10 Å². The highest BCUT2D eigenvalue weighted by atomic mass is 16.6. The van der Waals surface area contributed by atoms with E-state index in [0.29, 0.717) is 12.5 Å². The molecule has 7 nitrogen and oxygen atoms in total. The number of rotatable bonds is 3. The fraction of sp³-hybridized carbons (Fsp3) is 0.440. The van der Waals surface area contributed by atoms with Gasteiger partial charge in [-0.25, -0.2) is 4.79 Å². The first kappa shape index (κ1) is 19.6. The Morgan fingerprint density at radius 2 is 1.94 bits per heavy atom. The van der Waals surface area contributed by atoms with E-state index in [1.165, 1.54) is 0 Å². The molecular formula is C25H28N4O3. The van der Waals surface area contributed by atoms with Crippen LogP contribution in [0, 0.1) is 5.92 Å². The Labute approximate surface area is 187 Å². The predicted molar refractivity (Wildman–Crippen MR) is 122 cm³/mol. The lowest BCUT2D eigenvalue weighted by atomic mass is 9.86. The van der Waals surface area contributed by atoms with Crippen molar-refractivity contribution in [2.75, 3.05) is 26.2 Å². The summed E-state index contributed by atoms with van der Waals surface area (Å²) in [5, 5.41) is 8.55. The molecule has 3 fully saturated rings. The minimum absolute atomic E-state index is 0.0149. The number of benzene rings is 2. The molecule has 1 N–H and O–H groups in total. The largest absolute Gasteiger partial charge is 0.493 e. The Hall–Kier alpha value is -3.06. The molecule has 5 heterocycles. The van der Waals surface area contributed by atoms with Crippen molar-refractivity contribution in [3.8, 4) is 16.9 Å². The molecule has 3 aromatic rings. The number of nitrogens with zero attached hydrogens (tertiary/aromatic N) is 3. The van der Waals surface area contributed by atoms with Crippen LogP contribution in [0.1, 0.15) is 30.9 Å². The van der Waals surface area contributed by atoms with Crippen molar-refractivity contribution in [2.24, 2.45) is 13.0 Å². The monoisotopic (exact) mass is 432 g/mol. The van der Waals surface area contributed by atoms with Gasteiger partial charge in [-0.05, 0) is 55.1 Å². The van der Waals surface area contributed by atoms with Crippen LogP contribution in [0.25, 0.3) is 22.0 Å². The van der Waals surface area contributed by atoms with Crippen molar-refractivity contribution in [3.63, 3.8) is 0 Å². The molecule has 2 aromatic carbocycles. The number of fused-ring (bicyclic) bond motifs is 5. The zero-order chi connectivity index (χ0) is 21.7. The number of aryl methyl sites for hydroxylation is 1. The van der Waals surface area contributed by atoms with Crippen molar-refractivity contribution < 1.29 is 14.3 Å². The van der Waals surface area contributed by atoms with E-state index in [1.807, 2.05) is 17.9 Å². The van der Waals surface area contributed by atoms with Crippen LogP contribution in [-0.2, 0) is 11.8 Å². The molecule has 2 bridgehead atoms. The maximum absolute atomic E-state index is 12.7. The van der Waals surface area contributed by atoms with Crippen molar-refractivity contribution >= 4 is 17.0 Å². The standard InChI is InChI=1S/C25H28N4O3/c1-28-22-12-17(2-3-19(22)14-26-28)18-4-5-20-21(8-11-31-23(20)13-18)27-25(30)32-24-15-29-9-6-16(24)7-10-29/h2-5,12-14,16,21,24H,6-11,15H2,1H3,(H,27,30)/t21?,24-/m0/s1. The van der Waals surface area contributed by atoms with E-state index in [0.717, 1.165) is 72.2 Å². The van der Waals surface area contributed by atoms with Gasteiger partial charge < -0.3 is 14.8 Å². The summed E-state index contributed by atoms with van der Waals surface area (Å²) in [4.78, 5) is 15.1. The topological polar surface area (TPSA) is 68.6 Å². The van der Waals surface area contributed by atoms with Gasteiger partial charge in [-0.3, -0.25) is 9.58 Å². The van der Waals surface area contributed by atoms with Gasteiger partial charge in [-0.1, -0.05) is 24.3 Å². The number of carbonyl (C=O) groups excluding carboxylic acids is 1. The lowest BCUT2D eigenvalue weighted by Crippen LogP contribution is -2.52. The van der Waals surface area contributed by atoms with Gasteiger partial charge in [0.15, 0.2) is 0 Å². The third-order valence-electron chi connectivity index (χ3n) is 7.28. The third kappa shape index (κ3) is 3.50. The fourth-order valence-electron chi connectivity index (χ4n) is 5.40. The molecule has 1 aromatic heterocycles. The van der Waals surface area contributed by atoms with E-state index in [9.17, 15) is 4.79 Å². The summed E-state index contributed by atoms with van der Waals surface area (Å²) in [5.41, 5.74) is 4.30. The van der Waals surface area contributed by atoms with Crippen LogP contribution in [0.4, 0.5) is 4.79 Å². The SMILES string of the molecule is Cn1ncc2ccc(-c3ccc4c(c3)OCCC4NC(=O)O[C@H]3CN4CCC3CC4)cc21. The number of carbonyl (C=O) groups is 1. The first-order valence-electron chi connectivity index (χ1n) is 11.5. The average Bonchev–Trinajstić information content (AvgIpc) is 3.20. The summed E-state index contributed by atoms with van der Waals surface area (Å²) in [6.45, 7) is 3.71. The summed E-state index contributed by atoms with van der Waals surface area (Å²) in [6.07, 6.45) is 4.58. The second-order valence-electron chi connectivity index (χ2n) is 9.21. The van der Waals surface area contributed by atoms with Crippen LogP contribution >= 0.6 is 0 Å². The average molecular weight is 433 g/mol. The van der Waals surface area contributed by atoms with E-state index in [-0.39, 0.29) is 18.2 Å². The Morgan fingerprint density at radius 3 is 2.75 bits per heavy atom. The minimum atomic E-state index is -0.313. The molecule has 0 aliphatic carbocycles. The van der Waals surface area contributed by atoms with Crippen LogP contribution in [0.2, 0.25) is 0 Å². The van der Waals surface area contributed by atoms with Gasteiger partial charge in [0, 0.05) is 31.0 Å². The quantitative estimate of drug-likeness (QED) is 0.680. The summed E-state index contributed by atoms with van der Waals surface area (Å²) < 4.78 is 13.7. The highest BCUT2D eigenvalue weighted by Crippen LogP contribution is 2.36. The molecule has 0 saturated carbocycles. The van der Waals surface area contributed by atoms with E-state index in [2.05, 4.69) is 51.7 Å². The molecule has 7 heteroatoms. The van der Waals surface area contributed by atoms with Crippen LogP contribution in [-0.4, -0.2) is 53.1 Å². The van der Waals surface area contributed by atoms with E-state index in [4.69, 9.17) is 9.47 Å². The van der Waals surface area contributed by atoms with E-state index < -0.39 is 0 Å². The summed E-state index contributed by atoms with van der Waals surface area (Å²) in [6, 6.07) is 12.5. The first-order chi connectivity index (χ1) is 15.6. The van der Waals surface area contributed by atoms with Crippen LogP contribution < -0.4 is 10.1 Å². The van der Waals surface area contributed by atoms with Crippen molar-refractivity contribution in [1.29, 1.82) is 0 Å². The Kier molecular flexibility index (Phi) is 4.79. The van der Waals surface area contributed by atoms with Crippen LogP contribution in [0.3, 0.4) is 0 Å². The lowest BCUT2D eigenvalue weighted by molar-refractivity contribution is -0.0342. The minimum Gasteiger partial charge on any atom is -0.493 e. The number of hydrogen-bond acceptors (Lipinski definition) is 5. The second-order valence-corrected chi connectivity index (χ2v) is 9.21. The summed E-state index contributed by atoms with van der Waals surface area (Å²) in [5.74, 6) is 1.33. The number of amides is 1. The molecule has 0 radical (unpaired) electrons. The Morgan fingerprint density at radius 1 is 1.12 bits per heavy atom. The maximum Gasteiger partial charge on any atom is 0.407 e. The summed E-state index contributed by atoms with van der Waals surface area (Å²) >= 11 is 0. The maximum atomic E-state index is 12.7. The molecule has 1 amide bonds. The number of aromatic nitrogens is 2. The van der Waals surface area contributed by atoms with Gasteiger partial charge >= 0.3 is 6.09 Å². The molecule has 3 saturated heterocycles. The molecular weight excluding hydrogens is 404 g/mol. The molecule has 166 valence electrons. The van der Waals surface area contributed by atoms with E-state index >= 15 is 0 Å². The molecule has 32 heavy (non-hydrogen) atoms. The molecule has 7 rings (SSSR count). The number of nitrogens with one attached hydrogen (secondary N) is 1. The zero-order valence-electron chi connectivity index (χ0n) is 18.3. The molecule has 4 aliphatic heterocycles. The Bertz CT molecular complexity index is 1170. The number of hydrogen-bond donors (Lipinski definition) is 1. The van der Waals surface area contributed by atoms with Crippen LogP contribution in [0.5, 0.6) is 5.75 Å². The smallest absolute Gasteiger partial charge is 0.407 e. The van der Waals surface area contributed by atoms with Gasteiger partial charge in [-0.15, -0.1) is 0 Å². The van der Waals surface area contributed by atoms with Gasteiger partial charge in [0.2, 0.25) is 0 Å². The molecule has 0 spiro atoms. The Balaban J connectivity index is 1.19. The zero-order valence-corrected chi connectivity index (χ0v) is 18.3. The molecule has 4 aliphatic rings. The first-order valence-corrected chi connectivity index (χ1v) is 11.5. The number of ether oxygens (including phenoxy) is 2. The van der Waals surface area contributed by atoms with Gasteiger partial charge in [0.25, 0.3) is 0 Å². The fourth-order valence-corrected chi connectivity index (χ4v) is 5.40. The van der Waals surface area contributed by atoms with Crippen molar-refractivity contribution in [3.05, 3.63) is 48.2 Å². The number of piperidine rings is 3. The highest BCUT2D eigenvalue weighted by Gasteiger charge is 2.37. The summed E-state index contributed by atoms with van der Waals surface area (Å²) in [7, 11) is 1.95. The molecule has 1 unspecified atom stereocenters. The van der Waals surface area contributed by atoms with Crippen molar-refractivity contribution in [1.82, 2.24) is 20.0 Å². The lowest BCUT2D eigenvalue weighted by Gasteiger charge is -2.44. The van der Waals surface area contributed by atoms with Crippen LogP contribution in [0.15, 0.2) is 42.6 Å². The van der Waals surface area contributed by atoms with Gasteiger partial charge in [0.05, 0.1) is 24.4 Å². The normalized spacial score (nSPS) is 26.4. The molecule has 2 atom stereocenters. The second kappa shape index (κ2) is 7.81. The van der Waals surface area contributed by atoms with Gasteiger partial charge in [0.1, 0.15) is 11.9 Å². The highest BCUT2D eigenvalue weighted by molar-refractivity contribution is 5.84. The third-order valence-corrected chi connectivity index (χ3v) is 7.28. The van der Waals surface area contributed by atoms with E-state index in [1.54, 1.807) is 0 Å². The predicted octanol–water partition coefficient (Wildman–Crippen LogP) is 3.88. The van der Waals surface area contributed by atoms with Crippen molar-refractivity contribution in [2.45, 2.75) is 31.4 Å².